The summed E-state index contributed by atoms with van der Waals surface area (Å²) < 4.78 is 0. The van der Waals surface area contributed by atoms with Gasteiger partial charge in [0, 0.05) is 12.6 Å². The molecule has 0 atom stereocenters. The molecule has 0 unspecified atom stereocenters. The summed E-state index contributed by atoms with van der Waals surface area (Å²) in [5.74, 6) is -1.26. The predicted octanol–water partition coefficient (Wildman–Crippen LogP) is 1.31. The number of amides is 1. The fourth-order valence-electron chi connectivity index (χ4n) is 1.52. The smallest absolute Gasteiger partial charge is 0.335 e. The molecule has 1 aromatic rings. The molecule has 1 amide bonds. The van der Waals surface area contributed by atoms with E-state index in [0.717, 1.165) is 0 Å². The minimum Gasteiger partial charge on any atom is -0.478 e. The summed E-state index contributed by atoms with van der Waals surface area (Å²) in [4.78, 5) is 22.4. The molecule has 1 aromatic carbocycles. The van der Waals surface area contributed by atoms with Crippen molar-refractivity contribution in [2.45, 2.75) is 13.3 Å². The Balaban J connectivity index is 3.34. The van der Waals surface area contributed by atoms with Crippen molar-refractivity contribution in [3.8, 4) is 0 Å². The standard InChI is InChI=1S/C11H13NO3/c1-3-7-8(10(13)12-2)5-4-6-9(7)11(14)15/h4-6H,3H2,1-2H3,(H,12,13)(H,14,15). The van der Waals surface area contributed by atoms with Crippen LogP contribution in [0.4, 0.5) is 0 Å². The molecule has 0 radical (unpaired) electrons. The first-order chi connectivity index (χ1) is 7.11. The van der Waals surface area contributed by atoms with E-state index in [4.69, 9.17) is 5.11 Å². The first kappa shape index (κ1) is 11.2. The number of carboxylic acid groups (broad SMARTS) is 1. The third-order valence-corrected chi connectivity index (χ3v) is 2.23. The molecule has 0 spiro atoms. The lowest BCUT2D eigenvalue weighted by Crippen LogP contribution is -2.20. The second kappa shape index (κ2) is 4.59. The van der Waals surface area contributed by atoms with Crippen molar-refractivity contribution in [2.24, 2.45) is 0 Å². The summed E-state index contributed by atoms with van der Waals surface area (Å²) in [6, 6.07) is 4.71. The van der Waals surface area contributed by atoms with Crippen molar-refractivity contribution in [3.63, 3.8) is 0 Å². The number of hydrogen-bond donors (Lipinski definition) is 2. The Kier molecular flexibility index (Phi) is 3.44. The Morgan fingerprint density at radius 2 is 1.93 bits per heavy atom. The maximum atomic E-state index is 11.5. The molecule has 2 N–H and O–H groups in total. The zero-order valence-corrected chi connectivity index (χ0v) is 8.70. The van der Waals surface area contributed by atoms with E-state index >= 15 is 0 Å². The summed E-state index contributed by atoms with van der Waals surface area (Å²) in [5.41, 5.74) is 1.20. The van der Waals surface area contributed by atoms with E-state index in [-0.39, 0.29) is 11.5 Å². The summed E-state index contributed by atoms with van der Waals surface area (Å²) >= 11 is 0. The molecule has 0 aliphatic rings. The number of benzene rings is 1. The maximum Gasteiger partial charge on any atom is 0.335 e. The molecular weight excluding hydrogens is 194 g/mol. The van der Waals surface area contributed by atoms with Gasteiger partial charge in [-0.25, -0.2) is 4.79 Å². The largest absolute Gasteiger partial charge is 0.478 e. The van der Waals surface area contributed by atoms with Crippen LogP contribution in [0.3, 0.4) is 0 Å². The molecule has 80 valence electrons. The normalized spacial score (nSPS) is 9.73. The van der Waals surface area contributed by atoms with Gasteiger partial charge in [0.2, 0.25) is 0 Å². The predicted molar refractivity (Wildman–Crippen MR) is 56.2 cm³/mol. The van der Waals surface area contributed by atoms with Crippen molar-refractivity contribution in [1.82, 2.24) is 5.32 Å². The van der Waals surface area contributed by atoms with Crippen LogP contribution in [0, 0.1) is 0 Å². The van der Waals surface area contributed by atoms with Crippen LogP contribution >= 0.6 is 0 Å². The van der Waals surface area contributed by atoms with E-state index in [0.29, 0.717) is 17.5 Å². The van der Waals surface area contributed by atoms with Crippen molar-refractivity contribution in [1.29, 1.82) is 0 Å². The van der Waals surface area contributed by atoms with Gasteiger partial charge in [-0.1, -0.05) is 13.0 Å². The molecule has 0 aliphatic carbocycles. The number of carbonyl (C=O) groups excluding carboxylic acids is 1. The van der Waals surface area contributed by atoms with Crippen LogP contribution in [-0.2, 0) is 6.42 Å². The Hall–Kier alpha value is -1.84. The molecule has 0 saturated heterocycles. The first-order valence-corrected chi connectivity index (χ1v) is 4.69. The van der Waals surface area contributed by atoms with E-state index in [1.54, 1.807) is 12.1 Å². The number of nitrogens with one attached hydrogen (secondary N) is 1. The molecule has 1 rings (SSSR count). The van der Waals surface area contributed by atoms with Crippen molar-refractivity contribution < 1.29 is 14.7 Å². The van der Waals surface area contributed by atoms with Crippen LogP contribution in [0.5, 0.6) is 0 Å². The van der Waals surface area contributed by atoms with Gasteiger partial charge in [0.15, 0.2) is 0 Å². The number of rotatable bonds is 3. The molecule has 4 heteroatoms. The Morgan fingerprint density at radius 1 is 1.33 bits per heavy atom. The Morgan fingerprint density at radius 3 is 2.40 bits per heavy atom. The Bertz CT molecular complexity index is 399. The highest BCUT2D eigenvalue weighted by molar-refractivity contribution is 5.99. The number of aromatic carboxylic acids is 1. The summed E-state index contributed by atoms with van der Waals surface area (Å²) in [7, 11) is 1.52. The maximum absolute atomic E-state index is 11.5. The third-order valence-electron chi connectivity index (χ3n) is 2.23. The van der Waals surface area contributed by atoms with E-state index in [2.05, 4.69) is 5.32 Å². The summed E-state index contributed by atoms with van der Waals surface area (Å²) in [5, 5.41) is 11.4. The molecule has 15 heavy (non-hydrogen) atoms. The lowest BCUT2D eigenvalue weighted by atomic mass is 9.98. The fourth-order valence-corrected chi connectivity index (χ4v) is 1.52. The first-order valence-electron chi connectivity index (χ1n) is 4.69. The van der Waals surface area contributed by atoms with E-state index < -0.39 is 5.97 Å². The quantitative estimate of drug-likeness (QED) is 0.785. The molecule has 4 nitrogen and oxygen atoms in total. The van der Waals surface area contributed by atoms with E-state index in [9.17, 15) is 9.59 Å². The molecule has 0 aromatic heterocycles. The average molecular weight is 207 g/mol. The van der Waals surface area contributed by atoms with Crippen LogP contribution in [-0.4, -0.2) is 24.0 Å². The lowest BCUT2D eigenvalue weighted by Gasteiger charge is -2.09. The molecular formula is C11H13NO3. The molecule has 0 fully saturated rings. The van der Waals surface area contributed by atoms with Gasteiger partial charge in [0.1, 0.15) is 0 Å². The SMILES string of the molecule is CCc1c(C(=O)O)cccc1C(=O)NC. The highest BCUT2D eigenvalue weighted by atomic mass is 16.4. The minimum atomic E-state index is -1.00. The van der Waals surface area contributed by atoms with Crippen LogP contribution in [0.25, 0.3) is 0 Å². The molecule has 0 heterocycles. The minimum absolute atomic E-state index is 0.193. The van der Waals surface area contributed by atoms with Crippen LogP contribution in [0.1, 0.15) is 33.2 Å². The second-order valence-electron chi connectivity index (χ2n) is 3.07. The van der Waals surface area contributed by atoms with Crippen molar-refractivity contribution in [2.75, 3.05) is 7.05 Å². The third kappa shape index (κ3) is 2.15. The second-order valence-corrected chi connectivity index (χ2v) is 3.07. The van der Waals surface area contributed by atoms with Crippen molar-refractivity contribution >= 4 is 11.9 Å². The van der Waals surface area contributed by atoms with Gasteiger partial charge in [-0.3, -0.25) is 4.79 Å². The van der Waals surface area contributed by atoms with Gasteiger partial charge in [-0.15, -0.1) is 0 Å². The van der Waals surface area contributed by atoms with E-state index in [1.807, 2.05) is 6.92 Å². The van der Waals surface area contributed by atoms with Gasteiger partial charge in [0.25, 0.3) is 5.91 Å². The number of carbonyl (C=O) groups is 2. The van der Waals surface area contributed by atoms with Gasteiger partial charge in [-0.05, 0) is 24.1 Å². The van der Waals surface area contributed by atoms with Gasteiger partial charge >= 0.3 is 5.97 Å². The van der Waals surface area contributed by atoms with Crippen molar-refractivity contribution in [3.05, 3.63) is 34.9 Å². The zero-order chi connectivity index (χ0) is 11.4. The van der Waals surface area contributed by atoms with E-state index in [1.165, 1.54) is 13.1 Å². The highest BCUT2D eigenvalue weighted by Gasteiger charge is 2.15. The lowest BCUT2D eigenvalue weighted by molar-refractivity contribution is 0.0695. The molecule has 0 bridgehead atoms. The van der Waals surface area contributed by atoms with Gasteiger partial charge in [-0.2, -0.15) is 0 Å². The van der Waals surface area contributed by atoms with Gasteiger partial charge in [0.05, 0.1) is 5.56 Å². The number of hydrogen-bond acceptors (Lipinski definition) is 2. The monoisotopic (exact) mass is 207 g/mol. The topological polar surface area (TPSA) is 66.4 Å². The van der Waals surface area contributed by atoms with Crippen LogP contribution < -0.4 is 5.32 Å². The Labute approximate surface area is 87.9 Å². The molecule has 0 saturated carbocycles. The van der Waals surface area contributed by atoms with Gasteiger partial charge < -0.3 is 10.4 Å². The van der Waals surface area contributed by atoms with Crippen LogP contribution in [0.15, 0.2) is 18.2 Å². The average Bonchev–Trinajstić information content (AvgIpc) is 2.26. The molecule has 0 aliphatic heterocycles. The summed E-state index contributed by atoms with van der Waals surface area (Å²) in [6.07, 6.45) is 0.519. The zero-order valence-electron chi connectivity index (χ0n) is 8.70. The van der Waals surface area contributed by atoms with Crippen LogP contribution in [0.2, 0.25) is 0 Å². The summed E-state index contributed by atoms with van der Waals surface area (Å²) in [6.45, 7) is 1.83. The highest BCUT2D eigenvalue weighted by Crippen LogP contribution is 2.15. The number of carboxylic acids is 1. The fraction of sp³-hybridized carbons (Fsp3) is 0.273.